The molecule has 1 N–H and O–H groups in total. The van der Waals surface area contributed by atoms with Gasteiger partial charge in [-0.15, -0.1) is 0 Å². The SMILES string of the molecule is CCC(C)CN1CCC(CCO)C1. The Morgan fingerprint density at radius 3 is 2.92 bits per heavy atom. The van der Waals surface area contributed by atoms with Gasteiger partial charge in [-0.1, -0.05) is 20.3 Å². The molecule has 0 aliphatic carbocycles. The number of nitrogens with zero attached hydrogens (tertiary/aromatic N) is 1. The zero-order valence-electron chi connectivity index (χ0n) is 9.00. The van der Waals surface area contributed by atoms with E-state index in [1.807, 2.05) is 0 Å². The van der Waals surface area contributed by atoms with E-state index in [0.717, 1.165) is 18.3 Å². The molecule has 2 nitrogen and oxygen atoms in total. The molecule has 2 heteroatoms. The first kappa shape index (κ1) is 11.0. The van der Waals surface area contributed by atoms with Gasteiger partial charge in [0, 0.05) is 19.7 Å². The first-order valence-corrected chi connectivity index (χ1v) is 5.59. The van der Waals surface area contributed by atoms with Crippen molar-refractivity contribution < 1.29 is 5.11 Å². The fraction of sp³-hybridized carbons (Fsp3) is 1.00. The van der Waals surface area contributed by atoms with Gasteiger partial charge in [0.1, 0.15) is 0 Å². The molecule has 78 valence electrons. The van der Waals surface area contributed by atoms with Crippen molar-refractivity contribution >= 4 is 0 Å². The van der Waals surface area contributed by atoms with Crippen molar-refractivity contribution in [2.24, 2.45) is 11.8 Å². The van der Waals surface area contributed by atoms with Crippen LogP contribution in [-0.2, 0) is 0 Å². The van der Waals surface area contributed by atoms with Crippen LogP contribution >= 0.6 is 0 Å². The molecule has 0 saturated carbocycles. The van der Waals surface area contributed by atoms with E-state index in [2.05, 4.69) is 18.7 Å². The average Bonchev–Trinajstić information content (AvgIpc) is 2.53. The minimum absolute atomic E-state index is 0.363. The molecule has 13 heavy (non-hydrogen) atoms. The van der Waals surface area contributed by atoms with E-state index >= 15 is 0 Å². The van der Waals surface area contributed by atoms with Crippen LogP contribution in [0.3, 0.4) is 0 Å². The molecule has 1 fully saturated rings. The average molecular weight is 185 g/mol. The number of rotatable bonds is 5. The van der Waals surface area contributed by atoms with Crippen molar-refractivity contribution in [2.75, 3.05) is 26.2 Å². The predicted octanol–water partition coefficient (Wildman–Crippen LogP) is 1.74. The van der Waals surface area contributed by atoms with Crippen LogP contribution in [0.2, 0.25) is 0 Å². The molecular formula is C11H23NO. The molecule has 2 atom stereocenters. The number of likely N-dealkylation sites (tertiary alicyclic amines) is 1. The summed E-state index contributed by atoms with van der Waals surface area (Å²) in [6.07, 6.45) is 3.56. The van der Waals surface area contributed by atoms with Crippen molar-refractivity contribution in [2.45, 2.75) is 33.1 Å². The fourth-order valence-electron chi connectivity index (χ4n) is 2.07. The minimum atomic E-state index is 0.363. The van der Waals surface area contributed by atoms with Crippen LogP contribution in [0.15, 0.2) is 0 Å². The Morgan fingerprint density at radius 1 is 1.54 bits per heavy atom. The molecule has 1 aliphatic rings. The lowest BCUT2D eigenvalue weighted by atomic mass is 10.1. The van der Waals surface area contributed by atoms with Gasteiger partial charge in [0.2, 0.25) is 0 Å². The molecule has 0 aromatic heterocycles. The third kappa shape index (κ3) is 3.65. The van der Waals surface area contributed by atoms with Gasteiger partial charge in [0.25, 0.3) is 0 Å². The van der Waals surface area contributed by atoms with E-state index < -0.39 is 0 Å². The molecule has 1 aliphatic heterocycles. The first-order chi connectivity index (χ1) is 6.26. The summed E-state index contributed by atoms with van der Waals surface area (Å²) in [5, 5.41) is 8.82. The highest BCUT2D eigenvalue weighted by Crippen LogP contribution is 2.20. The summed E-state index contributed by atoms with van der Waals surface area (Å²) < 4.78 is 0. The number of aliphatic hydroxyl groups is 1. The maximum Gasteiger partial charge on any atom is 0.0434 e. The smallest absolute Gasteiger partial charge is 0.0434 e. The van der Waals surface area contributed by atoms with Gasteiger partial charge in [-0.05, 0) is 31.2 Å². The molecule has 1 saturated heterocycles. The molecular weight excluding hydrogens is 162 g/mol. The third-order valence-corrected chi connectivity index (χ3v) is 3.17. The van der Waals surface area contributed by atoms with Crippen LogP contribution in [-0.4, -0.2) is 36.2 Å². The molecule has 1 rings (SSSR count). The molecule has 0 radical (unpaired) electrons. The normalized spacial score (nSPS) is 26.5. The van der Waals surface area contributed by atoms with Crippen molar-refractivity contribution in [3.63, 3.8) is 0 Å². The van der Waals surface area contributed by atoms with Crippen LogP contribution in [0.5, 0.6) is 0 Å². The monoisotopic (exact) mass is 185 g/mol. The zero-order valence-corrected chi connectivity index (χ0v) is 9.00. The summed E-state index contributed by atoms with van der Waals surface area (Å²) in [5.74, 6) is 1.59. The lowest BCUT2D eigenvalue weighted by Crippen LogP contribution is -2.26. The van der Waals surface area contributed by atoms with Gasteiger partial charge < -0.3 is 10.0 Å². The second-order valence-electron chi connectivity index (χ2n) is 4.44. The lowest BCUT2D eigenvalue weighted by Gasteiger charge is -2.19. The molecule has 1 heterocycles. The first-order valence-electron chi connectivity index (χ1n) is 5.59. The Hall–Kier alpha value is -0.0800. The Labute approximate surface area is 81.9 Å². The topological polar surface area (TPSA) is 23.5 Å². The largest absolute Gasteiger partial charge is 0.396 e. The molecule has 0 aromatic carbocycles. The summed E-state index contributed by atoms with van der Waals surface area (Å²) in [4.78, 5) is 2.55. The maximum atomic E-state index is 8.82. The van der Waals surface area contributed by atoms with Crippen molar-refractivity contribution in [3.05, 3.63) is 0 Å². The Morgan fingerprint density at radius 2 is 2.31 bits per heavy atom. The summed E-state index contributed by atoms with van der Waals surface area (Å²) in [7, 11) is 0. The van der Waals surface area contributed by atoms with Gasteiger partial charge in [-0.25, -0.2) is 0 Å². The van der Waals surface area contributed by atoms with Crippen molar-refractivity contribution in [3.8, 4) is 0 Å². The van der Waals surface area contributed by atoms with Gasteiger partial charge in [-0.3, -0.25) is 0 Å². The van der Waals surface area contributed by atoms with Crippen LogP contribution in [0.1, 0.15) is 33.1 Å². The summed E-state index contributed by atoms with van der Waals surface area (Å²) in [6.45, 7) is 8.64. The summed E-state index contributed by atoms with van der Waals surface area (Å²) >= 11 is 0. The second-order valence-corrected chi connectivity index (χ2v) is 4.44. The summed E-state index contributed by atoms with van der Waals surface area (Å²) in [6, 6.07) is 0. The van der Waals surface area contributed by atoms with Gasteiger partial charge >= 0.3 is 0 Å². The number of hydrogen-bond acceptors (Lipinski definition) is 2. The van der Waals surface area contributed by atoms with Crippen LogP contribution in [0, 0.1) is 11.8 Å². The highest BCUT2D eigenvalue weighted by Gasteiger charge is 2.22. The Kier molecular flexibility index (Phi) is 4.74. The van der Waals surface area contributed by atoms with Crippen LogP contribution in [0.25, 0.3) is 0 Å². The van der Waals surface area contributed by atoms with Crippen molar-refractivity contribution in [1.29, 1.82) is 0 Å². The van der Waals surface area contributed by atoms with E-state index in [9.17, 15) is 0 Å². The van der Waals surface area contributed by atoms with E-state index in [4.69, 9.17) is 5.11 Å². The molecule has 0 bridgehead atoms. The highest BCUT2D eigenvalue weighted by molar-refractivity contribution is 4.76. The van der Waals surface area contributed by atoms with Crippen LogP contribution < -0.4 is 0 Å². The second kappa shape index (κ2) is 5.61. The predicted molar refractivity (Wildman–Crippen MR) is 55.7 cm³/mol. The lowest BCUT2D eigenvalue weighted by molar-refractivity contribution is 0.241. The fourth-order valence-corrected chi connectivity index (χ4v) is 2.07. The van der Waals surface area contributed by atoms with E-state index in [-0.39, 0.29) is 0 Å². The third-order valence-electron chi connectivity index (χ3n) is 3.17. The van der Waals surface area contributed by atoms with Crippen LogP contribution in [0.4, 0.5) is 0 Å². The molecule has 0 aromatic rings. The molecule has 0 spiro atoms. The minimum Gasteiger partial charge on any atom is -0.396 e. The zero-order chi connectivity index (χ0) is 9.68. The van der Waals surface area contributed by atoms with E-state index in [0.29, 0.717) is 6.61 Å². The van der Waals surface area contributed by atoms with Gasteiger partial charge in [0.05, 0.1) is 0 Å². The van der Waals surface area contributed by atoms with E-state index in [1.54, 1.807) is 0 Å². The number of hydrogen-bond donors (Lipinski definition) is 1. The molecule has 0 amide bonds. The highest BCUT2D eigenvalue weighted by atomic mass is 16.3. The summed E-state index contributed by atoms with van der Waals surface area (Å²) in [5.41, 5.74) is 0. The molecule has 2 unspecified atom stereocenters. The Bertz CT molecular complexity index is 138. The Balaban J connectivity index is 2.17. The van der Waals surface area contributed by atoms with Gasteiger partial charge in [-0.2, -0.15) is 0 Å². The van der Waals surface area contributed by atoms with Gasteiger partial charge in [0.15, 0.2) is 0 Å². The van der Waals surface area contributed by atoms with E-state index in [1.165, 1.54) is 32.5 Å². The maximum absolute atomic E-state index is 8.82. The van der Waals surface area contributed by atoms with Crippen molar-refractivity contribution in [1.82, 2.24) is 4.90 Å². The quantitative estimate of drug-likeness (QED) is 0.705. The number of aliphatic hydroxyl groups excluding tert-OH is 1. The standard InChI is InChI=1S/C11H23NO/c1-3-10(2)8-12-6-4-11(9-12)5-7-13/h10-11,13H,3-9H2,1-2H3.